The van der Waals surface area contributed by atoms with Gasteiger partial charge in [0.25, 0.3) is 0 Å². The molecule has 6 N–H and O–H groups in total. The number of aromatic nitrogens is 4. The molecular formula is C10H13N5O8P2S+2. The van der Waals surface area contributed by atoms with Gasteiger partial charge in [-0.25, -0.2) is 9.97 Å². The van der Waals surface area contributed by atoms with Crippen LogP contribution in [0.5, 0.6) is 0 Å². The molecule has 0 saturated carbocycles. The van der Waals surface area contributed by atoms with Crippen LogP contribution >= 0.6 is 28.7 Å². The summed E-state index contributed by atoms with van der Waals surface area (Å²) in [5.74, 6) is 0.0319. The predicted molar refractivity (Wildman–Crippen MR) is 87.5 cm³/mol. The van der Waals surface area contributed by atoms with Gasteiger partial charge in [0.15, 0.2) is 21.1 Å². The zero-order valence-electron chi connectivity index (χ0n) is 12.7. The Morgan fingerprint density at radius 1 is 1.42 bits per heavy atom. The Kier molecular flexibility index (Phi) is 5.67. The van der Waals surface area contributed by atoms with Gasteiger partial charge in [-0.3, -0.25) is 4.57 Å². The highest BCUT2D eigenvalue weighted by Crippen LogP contribution is 2.38. The van der Waals surface area contributed by atoms with Gasteiger partial charge in [-0.2, -0.15) is 0 Å². The molecular weight excluding hydrogens is 412 g/mol. The summed E-state index contributed by atoms with van der Waals surface area (Å²) in [5.41, 5.74) is 6.27. The fourth-order valence-corrected chi connectivity index (χ4v) is 3.62. The van der Waals surface area contributed by atoms with E-state index in [1.54, 1.807) is 0 Å². The molecule has 3 rings (SSSR count). The number of H-pyrrole nitrogens is 1. The Hall–Kier alpha value is -1.47. The molecule has 2 unspecified atom stereocenters. The van der Waals surface area contributed by atoms with E-state index < -0.39 is 47.7 Å². The van der Waals surface area contributed by atoms with Crippen LogP contribution in [0.3, 0.4) is 0 Å². The molecule has 1 fully saturated rings. The number of nitrogens with zero attached hydrogens (tertiary/aromatic N) is 3. The molecule has 0 bridgehead atoms. The molecule has 2 aromatic heterocycles. The summed E-state index contributed by atoms with van der Waals surface area (Å²) in [6.07, 6.45) is -3.63. The number of fused-ring (bicyclic) bond motifs is 1. The normalized spacial score (nSPS) is 27.0. The third-order valence-electron chi connectivity index (χ3n) is 3.56. The number of nitrogens with two attached hydrogens (primary N) is 1. The lowest BCUT2D eigenvalue weighted by molar-refractivity contribution is -0.0475. The summed E-state index contributed by atoms with van der Waals surface area (Å²) in [6.45, 7) is -0.459. The van der Waals surface area contributed by atoms with Crippen molar-refractivity contribution in [2.24, 2.45) is 0 Å². The second-order valence-electron chi connectivity index (χ2n) is 5.16. The summed E-state index contributed by atoms with van der Waals surface area (Å²) in [6, 6.07) is 0. The van der Waals surface area contributed by atoms with Crippen molar-refractivity contribution >= 4 is 45.8 Å². The van der Waals surface area contributed by atoms with Gasteiger partial charge < -0.3 is 25.7 Å². The van der Waals surface area contributed by atoms with Crippen LogP contribution in [-0.2, 0) is 22.7 Å². The Bertz CT molecular complexity index is 920. The van der Waals surface area contributed by atoms with Gasteiger partial charge in [0.05, 0.1) is 6.33 Å². The van der Waals surface area contributed by atoms with Gasteiger partial charge in [0, 0.05) is 9.13 Å². The van der Waals surface area contributed by atoms with Crippen molar-refractivity contribution in [3.8, 4) is 0 Å². The van der Waals surface area contributed by atoms with E-state index in [0.717, 1.165) is 0 Å². The molecule has 26 heavy (non-hydrogen) atoms. The number of rotatable bonds is 6. The largest absolute Gasteiger partial charge is 0.747 e. The van der Waals surface area contributed by atoms with Crippen LogP contribution in [0.15, 0.2) is 6.33 Å². The second-order valence-corrected chi connectivity index (χ2v) is 7.38. The minimum Gasteiger partial charge on any atom is -0.387 e. The highest BCUT2D eigenvalue weighted by atomic mass is 32.1. The molecule has 6 atom stereocenters. The lowest BCUT2D eigenvalue weighted by atomic mass is 10.1. The number of aliphatic hydroxyl groups is 2. The van der Waals surface area contributed by atoms with Crippen LogP contribution in [0.1, 0.15) is 6.23 Å². The maximum Gasteiger partial charge on any atom is 0.747 e. The van der Waals surface area contributed by atoms with Crippen LogP contribution in [0.25, 0.3) is 11.2 Å². The van der Waals surface area contributed by atoms with Crippen LogP contribution in [-0.4, -0.2) is 59.5 Å². The van der Waals surface area contributed by atoms with Crippen molar-refractivity contribution in [1.82, 2.24) is 19.5 Å². The van der Waals surface area contributed by atoms with Gasteiger partial charge >= 0.3 is 16.5 Å². The number of aromatic amines is 1. The summed E-state index contributed by atoms with van der Waals surface area (Å²) in [7, 11) is -5.99. The monoisotopic (exact) mass is 425 g/mol. The van der Waals surface area contributed by atoms with Crippen LogP contribution < -0.4 is 5.73 Å². The number of nitrogen functional groups attached to an aromatic ring is 1. The van der Waals surface area contributed by atoms with Crippen LogP contribution in [0.2, 0.25) is 0 Å². The number of hydrogen-bond donors (Lipinski definition) is 5. The van der Waals surface area contributed by atoms with Gasteiger partial charge in [-0.15, -0.1) is 9.42 Å². The van der Waals surface area contributed by atoms with E-state index in [4.69, 9.17) is 32.1 Å². The zero-order chi connectivity index (χ0) is 19.0. The van der Waals surface area contributed by atoms with Gasteiger partial charge in [0.2, 0.25) is 0 Å². The highest BCUT2D eigenvalue weighted by molar-refractivity contribution is 7.71. The molecule has 1 aliphatic heterocycles. The Morgan fingerprint density at radius 3 is 2.85 bits per heavy atom. The van der Waals surface area contributed by atoms with E-state index in [9.17, 15) is 19.3 Å². The van der Waals surface area contributed by atoms with Crippen molar-refractivity contribution < 1.29 is 37.8 Å². The first-order valence-electron chi connectivity index (χ1n) is 6.96. The number of imidazole rings is 1. The molecule has 3 heterocycles. The summed E-state index contributed by atoms with van der Waals surface area (Å²) >= 11 is 5.06. The number of hydrogen-bond acceptors (Lipinski definition) is 11. The summed E-state index contributed by atoms with van der Waals surface area (Å²) in [4.78, 5) is 19.2. The Morgan fingerprint density at radius 2 is 2.15 bits per heavy atom. The van der Waals surface area contributed by atoms with Crippen LogP contribution in [0.4, 0.5) is 5.95 Å². The standard InChI is InChI=1S/C10H11N5O8P2S/c11-10-13-7-4(8(26)14-10)12-2-15(7)9-6(17)5(16)3(22-9)1-21-25(20)23-24(18)19/h2-3,5-6,9,16-17H,1H2,(H2-2,11,13,14,18,19,26)/p+2/t3-,5-,6-,9-/m1/s1. The first-order chi connectivity index (χ1) is 12.3. The molecule has 13 nitrogen and oxygen atoms in total. The van der Waals surface area contributed by atoms with Crippen molar-refractivity contribution in [2.45, 2.75) is 24.5 Å². The molecule has 0 amide bonds. The minimum absolute atomic E-state index is 0.0319. The molecule has 16 heteroatoms. The molecule has 1 aliphatic rings. The highest BCUT2D eigenvalue weighted by Gasteiger charge is 2.47. The number of nitrogens with one attached hydrogen (secondary N) is 1. The SMILES string of the molecule is Nc1nc(=S)c2ncn([C@@H]3O[C@H](CO[P+](=O)O[P+](=O)O)[C@@H](O)[C@H]3O)c2[nH]1. The van der Waals surface area contributed by atoms with E-state index in [1.807, 2.05) is 0 Å². The third-order valence-corrected chi connectivity index (χ3v) is 5.29. The minimum atomic E-state index is -3.10. The maximum atomic E-state index is 11.3. The van der Waals surface area contributed by atoms with E-state index in [0.29, 0.717) is 11.2 Å². The molecule has 0 aliphatic carbocycles. The lowest BCUT2D eigenvalue weighted by Gasteiger charge is -2.16. The maximum absolute atomic E-state index is 11.3. The van der Waals surface area contributed by atoms with Crippen molar-refractivity contribution in [3.63, 3.8) is 0 Å². The van der Waals surface area contributed by atoms with E-state index in [-0.39, 0.29) is 10.6 Å². The predicted octanol–water partition coefficient (Wildman–Crippen LogP) is 0.0306. The first kappa shape index (κ1) is 19.3. The van der Waals surface area contributed by atoms with E-state index in [2.05, 4.69) is 19.3 Å². The average Bonchev–Trinajstić information content (AvgIpc) is 3.08. The Labute approximate surface area is 151 Å². The Balaban J connectivity index is 1.79. The molecule has 0 radical (unpaired) electrons. The smallest absolute Gasteiger partial charge is 0.387 e. The molecule has 0 aromatic carbocycles. The van der Waals surface area contributed by atoms with Gasteiger partial charge in [-0.1, -0.05) is 12.2 Å². The van der Waals surface area contributed by atoms with Crippen molar-refractivity contribution in [3.05, 3.63) is 11.0 Å². The zero-order valence-corrected chi connectivity index (χ0v) is 15.3. The average molecular weight is 425 g/mol. The van der Waals surface area contributed by atoms with Gasteiger partial charge in [0.1, 0.15) is 36.1 Å². The second kappa shape index (κ2) is 7.64. The van der Waals surface area contributed by atoms with E-state index >= 15 is 0 Å². The van der Waals surface area contributed by atoms with Crippen molar-refractivity contribution in [2.75, 3.05) is 12.3 Å². The van der Waals surface area contributed by atoms with Gasteiger partial charge in [-0.05, 0) is 0 Å². The molecule has 2 aromatic rings. The number of anilines is 1. The molecule has 1 saturated heterocycles. The quantitative estimate of drug-likeness (QED) is 0.308. The summed E-state index contributed by atoms with van der Waals surface area (Å²) < 4.78 is 37.5. The molecule has 0 spiro atoms. The first-order valence-corrected chi connectivity index (χ1v) is 9.59. The lowest BCUT2D eigenvalue weighted by Crippen LogP contribution is -2.33. The topological polar surface area (TPSA) is 195 Å². The third kappa shape index (κ3) is 3.78. The number of aliphatic hydroxyl groups excluding tert-OH is 2. The fraction of sp³-hybridized carbons (Fsp3) is 0.500. The van der Waals surface area contributed by atoms with Crippen LogP contribution in [0, 0.1) is 4.64 Å². The fourth-order valence-electron chi connectivity index (χ4n) is 2.46. The number of ether oxygens (including phenoxy) is 1. The van der Waals surface area contributed by atoms with E-state index in [1.165, 1.54) is 10.9 Å². The summed E-state index contributed by atoms with van der Waals surface area (Å²) in [5, 5.41) is 20.4. The van der Waals surface area contributed by atoms with Crippen molar-refractivity contribution in [1.29, 1.82) is 0 Å². The molecule has 140 valence electrons.